The summed E-state index contributed by atoms with van der Waals surface area (Å²) in [5, 5.41) is 2.97. The summed E-state index contributed by atoms with van der Waals surface area (Å²) < 4.78 is 5.39. The van der Waals surface area contributed by atoms with E-state index in [1.165, 1.54) is 6.07 Å². The van der Waals surface area contributed by atoms with Crippen LogP contribution in [0.5, 0.6) is 0 Å². The summed E-state index contributed by atoms with van der Waals surface area (Å²) in [4.78, 5) is 26.5. The zero-order valence-corrected chi connectivity index (χ0v) is 8.21. The monoisotopic (exact) mass is 211 g/mol. The van der Waals surface area contributed by atoms with Crippen molar-refractivity contribution < 1.29 is 4.74 Å². The first-order valence-electron chi connectivity index (χ1n) is 4.93. The van der Waals surface area contributed by atoms with Crippen LogP contribution in [0.2, 0.25) is 0 Å². The molecule has 0 radical (unpaired) electrons. The molecular weight excluding hydrogens is 198 g/mol. The topological polar surface area (TPSA) is 87.0 Å². The van der Waals surface area contributed by atoms with Crippen molar-refractivity contribution in [1.82, 2.24) is 9.97 Å². The molecule has 1 fully saturated rings. The van der Waals surface area contributed by atoms with Crippen LogP contribution in [-0.4, -0.2) is 29.2 Å². The Hall–Kier alpha value is -1.56. The molecule has 0 spiro atoms. The van der Waals surface area contributed by atoms with Crippen LogP contribution in [0.25, 0.3) is 0 Å². The molecule has 0 unspecified atom stereocenters. The van der Waals surface area contributed by atoms with Gasteiger partial charge in [-0.15, -0.1) is 0 Å². The zero-order chi connectivity index (χ0) is 10.7. The Kier molecular flexibility index (Phi) is 2.86. The lowest BCUT2D eigenvalue weighted by molar-refractivity contribution is 0.120. The number of hydrogen-bond donors (Lipinski definition) is 3. The summed E-state index contributed by atoms with van der Waals surface area (Å²) in [6.45, 7) is 1.40. The molecule has 3 N–H and O–H groups in total. The lowest BCUT2D eigenvalue weighted by Gasteiger charge is -2.10. The second-order valence-corrected chi connectivity index (χ2v) is 3.52. The smallest absolute Gasteiger partial charge is 0.327 e. The van der Waals surface area contributed by atoms with Gasteiger partial charge in [0.05, 0.1) is 6.10 Å². The van der Waals surface area contributed by atoms with Crippen LogP contribution in [0.4, 0.5) is 5.82 Å². The van der Waals surface area contributed by atoms with Crippen LogP contribution in [0.15, 0.2) is 15.7 Å². The summed E-state index contributed by atoms with van der Waals surface area (Å²) >= 11 is 0. The third-order valence-electron chi connectivity index (χ3n) is 2.30. The van der Waals surface area contributed by atoms with Gasteiger partial charge in [-0.2, -0.15) is 0 Å². The molecule has 0 amide bonds. The Morgan fingerprint density at radius 2 is 2.33 bits per heavy atom. The standard InChI is InChI=1S/C9H13N3O3/c13-8-4-7(11-9(14)12-8)10-5-6-2-1-3-15-6/h4,6H,1-3,5H2,(H3,10,11,12,13,14)/t6-/m0/s1. The van der Waals surface area contributed by atoms with Crippen molar-refractivity contribution in [3.8, 4) is 0 Å². The molecule has 1 aromatic rings. The Labute approximate surface area is 85.7 Å². The van der Waals surface area contributed by atoms with E-state index >= 15 is 0 Å². The molecule has 1 atom stereocenters. The van der Waals surface area contributed by atoms with E-state index < -0.39 is 11.2 Å². The van der Waals surface area contributed by atoms with Gasteiger partial charge in [0.2, 0.25) is 0 Å². The van der Waals surface area contributed by atoms with Gasteiger partial charge in [-0.1, -0.05) is 0 Å². The van der Waals surface area contributed by atoms with Crippen LogP contribution >= 0.6 is 0 Å². The largest absolute Gasteiger partial charge is 0.376 e. The highest BCUT2D eigenvalue weighted by Gasteiger charge is 2.14. The summed E-state index contributed by atoms with van der Waals surface area (Å²) in [6.07, 6.45) is 2.26. The molecule has 1 saturated heterocycles. The minimum Gasteiger partial charge on any atom is -0.376 e. The predicted octanol–water partition coefficient (Wildman–Crippen LogP) is -0.346. The number of H-pyrrole nitrogens is 2. The van der Waals surface area contributed by atoms with Gasteiger partial charge in [0.15, 0.2) is 0 Å². The number of ether oxygens (including phenoxy) is 1. The minimum absolute atomic E-state index is 0.174. The highest BCUT2D eigenvalue weighted by Crippen LogP contribution is 2.11. The third kappa shape index (κ3) is 2.69. The lowest BCUT2D eigenvalue weighted by Crippen LogP contribution is -2.25. The maximum absolute atomic E-state index is 11.0. The van der Waals surface area contributed by atoms with Crippen molar-refractivity contribution in [2.24, 2.45) is 0 Å². The van der Waals surface area contributed by atoms with E-state index in [4.69, 9.17) is 4.74 Å². The van der Waals surface area contributed by atoms with E-state index in [0.717, 1.165) is 19.4 Å². The van der Waals surface area contributed by atoms with Crippen molar-refractivity contribution in [3.63, 3.8) is 0 Å². The molecule has 15 heavy (non-hydrogen) atoms. The maximum Gasteiger partial charge on any atom is 0.327 e. The Balaban J connectivity index is 1.98. The van der Waals surface area contributed by atoms with Gasteiger partial charge in [0.25, 0.3) is 5.56 Å². The van der Waals surface area contributed by atoms with Crippen molar-refractivity contribution in [1.29, 1.82) is 0 Å². The van der Waals surface area contributed by atoms with Gasteiger partial charge >= 0.3 is 5.69 Å². The lowest BCUT2D eigenvalue weighted by atomic mass is 10.2. The summed E-state index contributed by atoms with van der Waals surface area (Å²) in [5.74, 6) is 0.430. The zero-order valence-electron chi connectivity index (χ0n) is 8.21. The molecular formula is C9H13N3O3. The quantitative estimate of drug-likeness (QED) is 0.638. The number of rotatable bonds is 3. The van der Waals surface area contributed by atoms with Gasteiger partial charge in [-0.3, -0.25) is 14.8 Å². The summed E-state index contributed by atoms with van der Waals surface area (Å²) in [5.41, 5.74) is -0.911. The van der Waals surface area contributed by atoms with Crippen molar-refractivity contribution in [2.75, 3.05) is 18.5 Å². The molecule has 0 bridgehead atoms. The van der Waals surface area contributed by atoms with Crippen LogP contribution in [0.3, 0.4) is 0 Å². The average molecular weight is 211 g/mol. The first kappa shape index (κ1) is 9.97. The van der Waals surface area contributed by atoms with Crippen LogP contribution < -0.4 is 16.6 Å². The first-order valence-corrected chi connectivity index (χ1v) is 4.93. The maximum atomic E-state index is 11.0. The fourth-order valence-electron chi connectivity index (χ4n) is 1.59. The molecule has 1 aliphatic heterocycles. The van der Waals surface area contributed by atoms with E-state index in [1.54, 1.807) is 0 Å². The fourth-order valence-corrected chi connectivity index (χ4v) is 1.59. The van der Waals surface area contributed by atoms with Crippen molar-refractivity contribution >= 4 is 5.82 Å². The number of nitrogens with one attached hydrogen (secondary N) is 3. The Morgan fingerprint density at radius 1 is 1.47 bits per heavy atom. The second kappa shape index (κ2) is 4.31. The summed E-state index contributed by atoms with van der Waals surface area (Å²) in [7, 11) is 0. The molecule has 2 rings (SSSR count). The van der Waals surface area contributed by atoms with Gasteiger partial charge < -0.3 is 10.1 Å². The minimum atomic E-state index is -0.502. The SMILES string of the molecule is O=c1cc(NC[C@@H]2CCCO2)[nH]c(=O)[nH]1. The molecule has 82 valence electrons. The molecule has 6 heteroatoms. The Bertz CT molecular complexity index is 402. The highest BCUT2D eigenvalue weighted by molar-refractivity contribution is 5.31. The van der Waals surface area contributed by atoms with Gasteiger partial charge in [-0.05, 0) is 12.8 Å². The highest BCUT2D eigenvalue weighted by atomic mass is 16.5. The molecule has 1 aliphatic rings. The number of hydrogen-bond acceptors (Lipinski definition) is 4. The normalized spacial score (nSPS) is 20.4. The predicted molar refractivity (Wildman–Crippen MR) is 55.1 cm³/mol. The van der Waals surface area contributed by atoms with E-state index in [1.807, 2.05) is 0 Å². The molecule has 0 aromatic carbocycles. The van der Waals surface area contributed by atoms with Crippen LogP contribution in [-0.2, 0) is 4.74 Å². The number of anilines is 1. The third-order valence-corrected chi connectivity index (χ3v) is 2.30. The van der Waals surface area contributed by atoms with Crippen LogP contribution in [0.1, 0.15) is 12.8 Å². The van der Waals surface area contributed by atoms with Crippen LogP contribution in [0, 0.1) is 0 Å². The van der Waals surface area contributed by atoms with E-state index in [9.17, 15) is 9.59 Å². The molecule has 2 heterocycles. The number of aromatic amines is 2. The van der Waals surface area contributed by atoms with Gasteiger partial charge in [0.1, 0.15) is 5.82 Å². The van der Waals surface area contributed by atoms with Gasteiger partial charge in [-0.25, -0.2) is 4.79 Å². The molecule has 6 nitrogen and oxygen atoms in total. The van der Waals surface area contributed by atoms with Crippen molar-refractivity contribution in [3.05, 3.63) is 26.9 Å². The van der Waals surface area contributed by atoms with Crippen molar-refractivity contribution in [2.45, 2.75) is 18.9 Å². The Morgan fingerprint density at radius 3 is 3.00 bits per heavy atom. The molecule has 1 aromatic heterocycles. The number of aromatic nitrogens is 2. The first-order chi connectivity index (χ1) is 7.24. The van der Waals surface area contributed by atoms with E-state index in [-0.39, 0.29) is 6.10 Å². The average Bonchev–Trinajstić information content (AvgIpc) is 2.65. The molecule has 0 saturated carbocycles. The van der Waals surface area contributed by atoms with E-state index in [0.29, 0.717) is 12.4 Å². The fraction of sp³-hybridized carbons (Fsp3) is 0.556. The second-order valence-electron chi connectivity index (χ2n) is 3.52. The van der Waals surface area contributed by atoms with E-state index in [2.05, 4.69) is 15.3 Å². The molecule has 0 aliphatic carbocycles. The summed E-state index contributed by atoms with van der Waals surface area (Å²) in [6, 6.07) is 1.32. The van der Waals surface area contributed by atoms with Gasteiger partial charge in [0, 0.05) is 19.2 Å².